The fourth-order valence-corrected chi connectivity index (χ4v) is 2.96. The Balaban J connectivity index is 1.85. The van der Waals surface area contributed by atoms with Crippen LogP contribution in [0.25, 0.3) is 10.8 Å². The average molecular weight is 243 g/mol. The van der Waals surface area contributed by atoms with E-state index in [0.29, 0.717) is 4.75 Å². The second kappa shape index (κ2) is 4.26. The van der Waals surface area contributed by atoms with Gasteiger partial charge >= 0.3 is 0 Å². The number of hydrogen-bond acceptors (Lipinski definition) is 2. The number of nitrogens with one attached hydrogen (secondary N) is 1. The van der Waals surface area contributed by atoms with Crippen molar-refractivity contribution in [1.29, 1.82) is 0 Å². The Labute approximate surface area is 107 Å². The summed E-state index contributed by atoms with van der Waals surface area (Å²) in [5.41, 5.74) is 1.27. The van der Waals surface area contributed by atoms with E-state index in [2.05, 4.69) is 54.0 Å². The molecule has 0 radical (unpaired) electrons. The second-order valence-corrected chi connectivity index (χ2v) is 6.04. The Bertz CT molecular complexity index is 526. The summed E-state index contributed by atoms with van der Waals surface area (Å²) in [5, 5.41) is 6.26. The highest BCUT2D eigenvalue weighted by molar-refractivity contribution is 8.00. The van der Waals surface area contributed by atoms with Gasteiger partial charge < -0.3 is 5.32 Å². The van der Waals surface area contributed by atoms with Gasteiger partial charge in [0.2, 0.25) is 0 Å². The quantitative estimate of drug-likeness (QED) is 0.866. The molecule has 88 valence electrons. The van der Waals surface area contributed by atoms with E-state index in [-0.39, 0.29) is 0 Å². The molecule has 2 aromatic rings. The summed E-state index contributed by atoms with van der Waals surface area (Å²) < 4.78 is 0.511. The average Bonchev–Trinajstić information content (AvgIpc) is 3.17. The number of thioether (sulfide) groups is 1. The lowest BCUT2D eigenvalue weighted by Gasteiger charge is -2.15. The van der Waals surface area contributed by atoms with Gasteiger partial charge in [-0.3, -0.25) is 0 Å². The Morgan fingerprint density at radius 2 is 1.88 bits per heavy atom. The maximum Gasteiger partial charge on any atom is 0.0420 e. The van der Waals surface area contributed by atoms with Gasteiger partial charge in [-0.05, 0) is 30.6 Å². The van der Waals surface area contributed by atoms with Gasteiger partial charge in [0, 0.05) is 22.4 Å². The van der Waals surface area contributed by atoms with E-state index in [4.69, 9.17) is 0 Å². The molecule has 0 saturated heterocycles. The van der Waals surface area contributed by atoms with E-state index in [0.717, 1.165) is 6.54 Å². The number of fused-ring (bicyclic) bond motifs is 1. The Kier molecular flexibility index (Phi) is 2.75. The minimum absolute atomic E-state index is 0.511. The lowest BCUT2D eigenvalue weighted by Crippen LogP contribution is -2.17. The molecular formula is C15H17NS. The van der Waals surface area contributed by atoms with Gasteiger partial charge in [0.1, 0.15) is 0 Å². The number of benzene rings is 2. The van der Waals surface area contributed by atoms with Crippen LogP contribution in [0.2, 0.25) is 0 Å². The van der Waals surface area contributed by atoms with Crippen LogP contribution in [0.4, 0.5) is 5.69 Å². The number of rotatable bonds is 4. The summed E-state index contributed by atoms with van der Waals surface area (Å²) >= 11 is 2.00. The standard InChI is InChI=1S/C15H17NS/c1-17-15(9-10-15)11-16-14-8-4-6-12-5-2-3-7-13(12)14/h2-8,16H,9-11H2,1H3. The molecule has 0 heterocycles. The first kappa shape index (κ1) is 11.0. The van der Waals surface area contributed by atoms with E-state index in [1.54, 1.807) is 0 Å². The van der Waals surface area contributed by atoms with Crippen molar-refractivity contribution in [3.8, 4) is 0 Å². The van der Waals surface area contributed by atoms with Crippen LogP contribution < -0.4 is 5.32 Å². The van der Waals surface area contributed by atoms with Gasteiger partial charge in [-0.2, -0.15) is 11.8 Å². The molecule has 1 aliphatic carbocycles. The lowest BCUT2D eigenvalue weighted by atomic mass is 10.1. The van der Waals surface area contributed by atoms with Crippen molar-refractivity contribution >= 4 is 28.2 Å². The van der Waals surface area contributed by atoms with Gasteiger partial charge in [-0.15, -0.1) is 0 Å². The molecular weight excluding hydrogens is 226 g/mol. The Morgan fingerprint density at radius 3 is 2.65 bits per heavy atom. The number of anilines is 1. The van der Waals surface area contributed by atoms with Crippen LogP contribution in [0.3, 0.4) is 0 Å². The van der Waals surface area contributed by atoms with E-state index in [1.807, 2.05) is 11.8 Å². The summed E-state index contributed by atoms with van der Waals surface area (Å²) in [6.07, 6.45) is 4.93. The van der Waals surface area contributed by atoms with Crippen LogP contribution in [-0.4, -0.2) is 17.5 Å². The van der Waals surface area contributed by atoms with Crippen LogP contribution in [0.1, 0.15) is 12.8 Å². The molecule has 1 aliphatic rings. The van der Waals surface area contributed by atoms with E-state index < -0.39 is 0 Å². The van der Waals surface area contributed by atoms with E-state index in [1.165, 1.54) is 29.3 Å². The monoisotopic (exact) mass is 243 g/mol. The maximum absolute atomic E-state index is 3.62. The molecule has 0 atom stereocenters. The molecule has 0 bridgehead atoms. The highest BCUT2D eigenvalue weighted by Gasteiger charge is 2.41. The van der Waals surface area contributed by atoms with Gasteiger partial charge in [-0.1, -0.05) is 36.4 Å². The summed E-state index contributed by atoms with van der Waals surface area (Å²) in [5.74, 6) is 0. The zero-order valence-electron chi connectivity index (χ0n) is 10.1. The Morgan fingerprint density at radius 1 is 1.12 bits per heavy atom. The summed E-state index contributed by atoms with van der Waals surface area (Å²) in [6, 6.07) is 15.0. The zero-order chi connectivity index (χ0) is 11.7. The fourth-order valence-electron chi connectivity index (χ4n) is 2.23. The normalized spacial score (nSPS) is 17.0. The summed E-state index contributed by atoms with van der Waals surface area (Å²) in [4.78, 5) is 0. The Hall–Kier alpha value is -1.15. The molecule has 2 heteroatoms. The molecule has 1 N–H and O–H groups in total. The third-order valence-electron chi connectivity index (χ3n) is 3.63. The first-order valence-electron chi connectivity index (χ1n) is 6.10. The third kappa shape index (κ3) is 2.14. The molecule has 17 heavy (non-hydrogen) atoms. The summed E-state index contributed by atoms with van der Waals surface area (Å²) in [7, 11) is 0. The molecule has 0 aromatic heterocycles. The molecule has 1 fully saturated rings. The molecule has 0 amide bonds. The fraction of sp³-hybridized carbons (Fsp3) is 0.333. The van der Waals surface area contributed by atoms with Crippen molar-refractivity contribution in [2.75, 3.05) is 18.1 Å². The molecule has 0 spiro atoms. The van der Waals surface area contributed by atoms with Crippen LogP contribution in [0.5, 0.6) is 0 Å². The first-order chi connectivity index (χ1) is 8.33. The number of hydrogen-bond donors (Lipinski definition) is 1. The van der Waals surface area contributed by atoms with Crippen LogP contribution in [0, 0.1) is 0 Å². The van der Waals surface area contributed by atoms with Crippen molar-refractivity contribution in [3.63, 3.8) is 0 Å². The molecule has 1 nitrogen and oxygen atoms in total. The van der Waals surface area contributed by atoms with E-state index >= 15 is 0 Å². The van der Waals surface area contributed by atoms with Crippen molar-refractivity contribution in [3.05, 3.63) is 42.5 Å². The van der Waals surface area contributed by atoms with Crippen molar-refractivity contribution in [1.82, 2.24) is 0 Å². The predicted octanol–water partition coefficient (Wildman–Crippen LogP) is 4.15. The van der Waals surface area contributed by atoms with Crippen molar-refractivity contribution in [2.45, 2.75) is 17.6 Å². The predicted molar refractivity (Wildman–Crippen MR) is 77.9 cm³/mol. The highest BCUT2D eigenvalue weighted by Crippen LogP contribution is 2.47. The SMILES string of the molecule is CSC1(CNc2cccc3ccccc23)CC1. The second-order valence-electron chi connectivity index (χ2n) is 4.77. The topological polar surface area (TPSA) is 12.0 Å². The largest absolute Gasteiger partial charge is 0.383 e. The summed E-state index contributed by atoms with van der Waals surface area (Å²) in [6.45, 7) is 1.09. The minimum Gasteiger partial charge on any atom is -0.383 e. The van der Waals surface area contributed by atoms with Crippen LogP contribution in [0.15, 0.2) is 42.5 Å². The maximum atomic E-state index is 3.62. The van der Waals surface area contributed by atoms with Crippen molar-refractivity contribution in [2.24, 2.45) is 0 Å². The highest BCUT2D eigenvalue weighted by atomic mass is 32.2. The van der Waals surface area contributed by atoms with Gasteiger partial charge in [0.05, 0.1) is 0 Å². The van der Waals surface area contributed by atoms with Gasteiger partial charge in [-0.25, -0.2) is 0 Å². The van der Waals surface area contributed by atoms with Gasteiger partial charge in [0.15, 0.2) is 0 Å². The molecule has 2 aromatic carbocycles. The smallest absolute Gasteiger partial charge is 0.0420 e. The molecule has 0 unspecified atom stereocenters. The minimum atomic E-state index is 0.511. The molecule has 1 saturated carbocycles. The zero-order valence-corrected chi connectivity index (χ0v) is 10.9. The van der Waals surface area contributed by atoms with E-state index in [9.17, 15) is 0 Å². The van der Waals surface area contributed by atoms with Crippen LogP contribution >= 0.6 is 11.8 Å². The van der Waals surface area contributed by atoms with Crippen LogP contribution in [-0.2, 0) is 0 Å². The molecule has 3 rings (SSSR count). The lowest BCUT2D eigenvalue weighted by molar-refractivity contribution is 0.951. The third-order valence-corrected chi connectivity index (χ3v) is 5.05. The van der Waals surface area contributed by atoms with Crippen molar-refractivity contribution < 1.29 is 0 Å². The first-order valence-corrected chi connectivity index (χ1v) is 7.32. The molecule has 0 aliphatic heterocycles. The van der Waals surface area contributed by atoms with Gasteiger partial charge in [0.25, 0.3) is 0 Å².